The van der Waals surface area contributed by atoms with Gasteiger partial charge >= 0.3 is 0 Å². The van der Waals surface area contributed by atoms with Gasteiger partial charge in [0.2, 0.25) is 0 Å². The fraction of sp³-hybridized carbons (Fsp3) is 0.692. The van der Waals surface area contributed by atoms with E-state index in [4.69, 9.17) is 4.42 Å². The maximum Gasteiger partial charge on any atom is 0.157 e. The number of rotatable bonds is 6. The van der Waals surface area contributed by atoms with Crippen LogP contribution in [0.25, 0.3) is 0 Å². The minimum atomic E-state index is 0.858. The van der Waals surface area contributed by atoms with Gasteiger partial charge in [-0.25, -0.2) is 0 Å². The molecule has 0 aromatic carbocycles. The molecule has 1 aliphatic carbocycles. The van der Waals surface area contributed by atoms with Crippen molar-refractivity contribution in [3.05, 3.63) is 24.2 Å². The molecule has 0 aliphatic heterocycles. The minimum Gasteiger partial charge on any atom is -0.463 e. The lowest BCUT2D eigenvalue weighted by molar-refractivity contribution is -0.939. The topological polar surface area (TPSA) is 45.2 Å². The number of nitrogens with one attached hydrogen (secondary N) is 1. The van der Waals surface area contributed by atoms with Gasteiger partial charge in [-0.05, 0) is 37.8 Å². The molecule has 90 valence electrons. The Kier molecular flexibility index (Phi) is 4.43. The first-order chi connectivity index (χ1) is 7.90. The number of furan rings is 1. The van der Waals surface area contributed by atoms with E-state index in [9.17, 15) is 0 Å². The van der Waals surface area contributed by atoms with Gasteiger partial charge in [0.1, 0.15) is 6.54 Å². The Morgan fingerprint density at radius 2 is 2.19 bits per heavy atom. The van der Waals surface area contributed by atoms with Crippen molar-refractivity contribution in [1.29, 1.82) is 0 Å². The van der Waals surface area contributed by atoms with Crippen molar-refractivity contribution in [3.63, 3.8) is 0 Å². The summed E-state index contributed by atoms with van der Waals surface area (Å²) in [7, 11) is 0. The van der Waals surface area contributed by atoms with E-state index < -0.39 is 0 Å². The maximum absolute atomic E-state index is 5.47. The third-order valence-corrected chi connectivity index (χ3v) is 3.66. The molecule has 1 fully saturated rings. The van der Waals surface area contributed by atoms with Crippen LogP contribution in [0, 0.1) is 0 Å². The van der Waals surface area contributed by atoms with Crippen molar-refractivity contribution < 1.29 is 15.1 Å². The monoisotopic (exact) mass is 224 g/mol. The van der Waals surface area contributed by atoms with Crippen molar-refractivity contribution in [3.8, 4) is 0 Å². The summed E-state index contributed by atoms with van der Waals surface area (Å²) < 4.78 is 5.47. The molecule has 3 nitrogen and oxygen atoms in total. The molecule has 0 saturated heterocycles. The lowest BCUT2D eigenvalue weighted by Crippen LogP contribution is -3.14. The molecular formula is C13H24N2O+2. The van der Waals surface area contributed by atoms with Crippen LogP contribution in [0.5, 0.6) is 0 Å². The van der Waals surface area contributed by atoms with Crippen LogP contribution in [0.1, 0.15) is 37.9 Å². The fourth-order valence-electron chi connectivity index (χ4n) is 2.76. The SMILES string of the molecule is [NH3+]CCC[NH+](Cc1ccco1)C1CCCC1. The molecule has 1 aromatic heterocycles. The van der Waals surface area contributed by atoms with E-state index in [-0.39, 0.29) is 0 Å². The Balaban J connectivity index is 1.90. The maximum atomic E-state index is 5.47. The summed E-state index contributed by atoms with van der Waals surface area (Å²) in [5, 5.41) is 0. The lowest BCUT2D eigenvalue weighted by atomic mass is 10.2. The average Bonchev–Trinajstić information content (AvgIpc) is 2.96. The smallest absolute Gasteiger partial charge is 0.157 e. The predicted molar refractivity (Wildman–Crippen MR) is 62.9 cm³/mol. The van der Waals surface area contributed by atoms with Crippen LogP contribution >= 0.6 is 0 Å². The first-order valence-electron chi connectivity index (χ1n) is 6.56. The third-order valence-electron chi connectivity index (χ3n) is 3.66. The van der Waals surface area contributed by atoms with E-state index in [1.165, 1.54) is 38.6 Å². The lowest BCUT2D eigenvalue weighted by Gasteiger charge is -2.24. The Bertz CT molecular complexity index is 278. The molecule has 0 spiro atoms. The van der Waals surface area contributed by atoms with Crippen LogP contribution in [0.3, 0.4) is 0 Å². The van der Waals surface area contributed by atoms with Crippen LogP contribution in [0.2, 0.25) is 0 Å². The average molecular weight is 224 g/mol. The van der Waals surface area contributed by atoms with Crippen molar-refractivity contribution in [2.24, 2.45) is 0 Å². The summed E-state index contributed by atoms with van der Waals surface area (Å²) in [5.74, 6) is 1.13. The summed E-state index contributed by atoms with van der Waals surface area (Å²) in [6.45, 7) is 3.35. The van der Waals surface area contributed by atoms with Gasteiger partial charge < -0.3 is 15.1 Å². The van der Waals surface area contributed by atoms with Crippen molar-refractivity contribution in [1.82, 2.24) is 0 Å². The molecule has 0 amide bonds. The second-order valence-electron chi connectivity index (χ2n) is 4.85. The largest absolute Gasteiger partial charge is 0.463 e. The van der Waals surface area contributed by atoms with Crippen molar-refractivity contribution in [2.45, 2.75) is 44.7 Å². The molecule has 1 atom stereocenters. The van der Waals surface area contributed by atoms with Crippen LogP contribution in [0.15, 0.2) is 22.8 Å². The number of hydrogen-bond acceptors (Lipinski definition) is 1. The van der Waals surface area contributed by atoms with E-state index in [1.807, 2.05) is 6.07 Å². The van der Waals surface area contributed by atoms with E-state index in [0.717, 1.165) is 24.9 Å². The quantitative estimate of drug-likeness (QED) is 0.714. The van der Waals surface area contributed by atoms with E-state index >= 15 is 0 Å². The Morgan fingerprint density at radius 1 is 1.38 bits per heavy atom. The fourth-order valence-corrected chi connectivity index (χ4v) is 2.76. The van der Waals surface area contributed by atoms with Crippen LogP contribution in [0.4, 0.5) is 0 Å². The molecule has 1 aromatic rings. The summed E-state index contributed by atoms with van der Waals surface area (Å²) in [6, 6.07) is 4.94. The second-order valence-corrected chi connectivity index (χ2v) is 4.85. The molecule has 1 aliphatic rings. The molecular weight excluding hydrogens is 200 g/mol. The highest BCUT2D eigenvalue weighted by Gasteiger charge is 2.26. The van der Waals surface area contributed by atoms with Gasteiger partial charge in [-0.1, -0.05) is 0 Å². The van der Waals surface area contributed by atoms with Crippen molar-refractivity contribution in [2.75, 3.05) is 13.1 Å². The minimum absolute atomic E-state index is 0.858. The van der Waals surface area contributed by atoms with E-state index in [1.54, 1.807) is 11.2 Å². The molecule has 3 heteroatoms. The zero-order chi connectivity index (χ0) is 11.2. The molecule has 0 radical (unpaired) electrons. The van der Waals surface area contributed by atoms with Gasteiger partial charge in [-0.15, -0.1) is 0 Å². The Hall–Kier alpha value is -0.800. The molecule has 1 heterocycles. The van der Waals surface area contributed by atoms with Crippen LogP contribution in [-0.2, 0) is 6.54 Å². The van der Waals surface area contributed by atoms with Crippen LogP contribution in [-0.4, -0.2) is 19.1 Å². The zero-order valence-corrected chi connectivity index (χ0v) is 10.1. The normalized spacial score (nSPS) is 19.1. The standard InChI is InChI=1S/C13H22N2O/c14-8-4-9-15(12-5-1-2-6-12)11-13-7-3-10-16-13/h3,7,10,12H,1-2,4-6,8-9,11,14H2/p+2. The summed E-state index contributed by atoms with van der Waals surface area (Å²) in [4.78, 5) is 1.70. The van der Waals surface area contributed by atoms with Gasteiger partial charge in [0.05, 0.1) is 25.4 Å². The van der Waals surface area contributed by atoms with Gasteiger partial charge in [0, 0.05) is 6.42 Å². The number of hydrogen-bond donors (Lipinski definition) is 2. The van der Waals surface area contributed by atoms with Gasteiger partial charge in [0.15, 0.2) is 5.76 Å². The van der Waals surface area contributed by atoms with Gasteiger partial charge in [0.25, 0.3) is 0 Å². The van der Waals surface area contributed by atoms with Gasteiger partial charge in [-0.3, -0.25) is 0 Å². The third kappa shape index (κ3) is 3.09. The molecule has 4 N–H and O–H groups in total. The first kappa shape index (κ1) is 11.7. The van der Waals surface area contributed by atoms with E-state index in [2.05, 4.69) is 11.8 Å². The second kappa shape index (κ2) is 6.06. The van der Waals surface area contributed by atoms with Crippen LogP contribution < -0.4 is 10.6 Å². The summed E-state index contributed by atoms with van der Waals surface area (Å²) >= 11 is 0. The highest BCUT2D eigenvalue weighted by molar-refractivity contribution is 4.95. The molecule has 0 bridgehead atoms. The van der Waals surface area contributed by atoms with Gasteiger partial charge in [-0.2, -0.15) is 0 Å². The van der Waals surface area contributed by atoms with Crippen molar-refractivity contribution >= 4 is 0 Å². The molecule has 1 unspecified atom stereocenters. The van der Waals surface area contributed by atoms with E-state index in [0.29, 0.717) is 0 Å². The zero-order valence-electron chi connectivity index (χ0n) is 10.1. The summed E-state index contributed by atoms with van der Waals surface area (Å²) in [5.41, 5.74) is 3.94. The number of quaternary nitrogens is 2. The molecule has 2 rings (SSSR count). The highest BCUT2D eigenvalue weighted by Crippen LogP contribution is 2.15. The molecule has 16 heavy (non-hydrogen) atoms. The highest BCUT2D eigenvalue weighted by atomic mass is 16.3. The predicted octanol–water partition coefficient (Wildman–Crippen LogP) is 0.239. The Labute approximate surface area is 97.6 Å². The Morgan fingerprint density at radius 3 is 2.81 bits per heavy atom. The first-order valence-corrected chi connectivity index (χ1v) is 6.56. The summed E-state index contributed by atoms with van der Waals surface area (Å²) in [6.07, 6.45) is 8.63. The molecule has 1 saturated carbocycles.